The van der Waals surface area contributed by atoms with Gasteiger partial charge >= 0.3 is 11.9 Å². The first-order chi connectivity index (χ1) is 16.0. The predicted octanol–water partition coefficient (Wildman–Crippen LogP) is 1.94. The van der Waals surface area contributed by atoms with Crippen LogP contribution in [0, 0.1) is 11.3 Å². The Morgan fingerprint density at radius 1 is 1.26 bits per heavy atom. The Bertz CT molecular complexity index is 793. The van der Waals surface area contributed by atoms with Gasteiger partial charge in [0, 0.05) is 30.1 Å². The number of hydrogen-bond donors (Lipinski definition) is 1. The molecule has 0 aromatic carbocycles. The highest BCUT2D eigenvalue weighted by Gasteiger charge is 2.64. The van der Waals surface area contributed by atoms with Gasteiger partial charge in [-0.3, -0.25) is 14.6 Å². The van der Waals surface area contributed by atoms with Crippen LogP contribution in [0.4, 0.5) is 0 Å². The maximum atomic E-state index is 12.9. The number of amides is 1. The van der Waals surface area contributed by atoms with Crippen molar-refractivity contribution in [2.45, 2.75) is 69.7 Å². The number of hydrogen-bond acceptors (Lipinski definition) is 9. The summed E-state index contributed by atoms with van der Waals surface area (Å²) in [4.78, 5) is 45.9. The fourth-order valence-corrected chi connectivity index (χ4v) is 6.90. The summed E-state index contributed by atoms with van der Waals surface area (Å²) in [5.74, 6) is 1.69. The highest BCUT2D eigenvalue weighted by molar-refractivity contribution is 8.01. The molecule has 0 bridgehead atoms. The van der Waals surface area contributed by atoms with Crippen molar-refractivity contribution >= 4 is 47.7 Å². The molecule has 0 unspecified atom stereocenters. The molecule has 3 aliphatic heterocycles. The molecule has 0 aromatic rings. The van der Waals surface area contributed by atoms with Crippen molar-refractivity contribution in [2.24, 2.45) is 22.1 Å². The summed E-state index contributed by atoms with van der Waals surface area (Å²) in [5.41, 5.74) is 4.88. The number of carbonyl (C=O) groups excluding carboxylic acids is 3. The number of thioether (sulfide) groups is 2. The molecule has 3 aliphatic rings. The molecule has 3 atom stereocenters. The van der Waals surface area contributed by atoms with E-state index in [0.717, 1.165) is 44.0 Å². The number of esters is 2. The van der Waals surface area contributed by atoms with Crippen LogP contribution >= 0.6 is 23.5 Å². The average Bonchev–Trinajstić information content (AvgIpc) is 3.02. The van der Waals surface area contributed by atoms with E-state index in [1.54, 1.807) is 37.4 Å². The Morgan fingerprint density at radius 3 is 2.56 bits per heavy atom. The Hall–Kier alpha value is -1.46. The number of fused-ring (bicyclic) bond motifs is 1. The molecule has 0 spiro atoms. The minimum atomic E-state index is -0.739. The molecule has 0 saturated carbocycles. The molecule has 3 heterocycles. The predicted molar refractivity (Wildman–Crippen MR) is 136 cm³/mol. The van der Waals surface area contributed by atoms with E-state index in [4.69, 9.17) is 15.2 Å². The quantitative estimate of drug-likeness (QED) is 0.123. The summed E-state index contributed by atoms with van der Waals surface area (Å²) in [6, 6.07) is -1.23. The van der Waals surface area contributed by atoms with Crippen molar-refractivity contribution in [3.8, 4) is 0 Å². The summed E-state index contributed by atoms with van der Waals surface area (Å²) in [6.45, 7) is 11.2. The summed E-state index contributed by atoms with van der Waals surface area (Å²) in [5, 5.41) is -0.196. The largest absolute Gasteiger partial charge is 0.427 e. The van der Waals surface area contributed by atoms with E-state index in [9.17, 15) is 14.4 Å². The number of likely N-dealkylation sites (tertiary alicyclic amines) is 1. The first-order valence-electron chi connectivity index (χ1n) is 11.8. The normalized spacial score (nSPS) is 27.0. The molecule has 11 heteroatoms. The Labute approximate surface area is 210 Å². The molecule has 1 amide bonds. The van der Waals surface area contributed by atoms with E-state index in [1.807, 2.05) is 31.9 Å². The van der Waals surface area contributed by atoms with Crippen molar-refractivity contribution in [1.82, 2.24) is 9.80 Å². The van der Waals surface area contributed by atoms with E-state index in [0.29, 0.717) is 5.92 Å². The summed E-state index contributed by atoms with van der Waals surface area (Å²) >= 11 is 3.48. The molecule has 3 rings (SSSR count). The maximum Gasteiger partial charge on any atom is 0.333 e. The molecule has 0 radical (unpaired) electrons. The van der Waals surface area contributed by atoms with Gasteiger partial charge in [-0.05, 0) is 59.1 Å². The van der Waals surface area contributed by atoms with Crippen molar-refractivity contribution in [3.63, 3.8) is 0 Å². The SMILES string of the molecule is CC(C)(C)C(=O)OCOC(=O)[C@@H]1N2C(=O)[C@@H](N=CN3CCC(CSCCN)CC3)[C@H]2SC1(C)C. The summed E-state index contributed by atoms with van der Waals surface area (Å²) in [7, 11) is 0. The lowest BCUT2D eigenvalue weighted by Crippen LogP contribution is -2.65. The van der Waals surface area contributed by atoms with Gasteiger partial charge in [0.25, 0.3) is 5.91 Å². The van der Waals surface area contributed by atoms with Gasteiger partial charge in [0.05, 0.1) is 11.8 Å². The topological polar surface area (TPSA) is 115 Å². The van der Waals surface area contributed by atoms with Crippen molar-refractivity contribution in [3.05, 3.63) is 0 Å². The highest BCUT2D eigenvalue weighted by atomic mass is 32.2. The fourth-order valence-electron chi connectivity index (χ4n) is 4.28. The zero-order valence-corrected chi connectivity index (χ0v) is 22.5. The van der Waals surface area contributed by atoms with Crippen LogP contribution < -0.4 is 5.73 Å². The molecular formula is C23H38N4O5S2. The minimum Gasteiger partial charge on any atom is -0.427 e. The third-order valence-corrected chi connectivity index (χ3v) is 9.08. The zero-order valence-electron chi connectivity index (χ0n) is 20.8. The Kier molecular flexibility index (Phi) is 8.84. The number of rotatable bonds is 9. The van der Waals surface area contributed by atoms with Crippen LogP contribution in [0.3, 0.4) is 0 Å². The van der Waals surface area contributed by atoms with Crippen molar-refractivity contribution in [2.75, 3.05) is 37.9 Å². The van der Waals surface area contributed by atoms with E-state index < -0.39 is 41.0 Å². The van der Waals surface area contributed by atoms with Gasteiger partial charge in [0.1, 0.15) is 11.4 Å². The van der Waals surface area contributed by atoms with Gasteiger partial charge in [0.15, 0.2) is 6.04 Å². The van der Waals surface area contributed by atoms with Crippen LogP contribution in [0.2, 0.25) is 0 Å². The van der Waals surface area contributed by atoms with Crippen LogP contribution in [0.5, 0.6) is 0 Å². The van der Waals surface area contributed by atoms with Crippen molar-refractivity contribution in [1.29, 1.82) is 0 Å². The minimum absolute atomic E-state index is 0.166. The number of aliphatic imine (C=N–C) groups is 1. The monoisotopic (exact) mass is 514 g/mol. The lowest BCUT2D eigenvalue weighted by Gasteiger charge is -2.42. The molecule has 9 nitrogen and oxygen atoms in total. The van der Waals surface area contributed by atoms with Crippen molar-refractivity contribution < 1.29 is 23.9 Å². The molecule has 192 valence electrons. The second-order valence-corrected chi connectivity index (χ2v) is 13.5. The van der Waals surface area contributed by atoms with Crippen LogP contribution in [-0.2, 0) is 23.9 Å². The molecular weight excluding hydrogens is 476 g/mol. The molecule has 2 N–H and O–H groups in total. The lowest BCUT2D eigenvalue weighted by atomic mass is 9.96. The summed E-state index contributed by atoms with van der Waals surface area (Å²) in [6.07, 6.45) is 4.05. The van der Waals surface area contributed by atoms with E-state index in [-0.39, 0.29) is 11.3 Å². The molecule has 0 aromatic heterocycles. The van der Waals surface area contributed by atoms with E-state index in [2.05, 4.69) is 9.89 Å². The zero-order chi connectivity index (χ0) is 25.1. The number of ether oxygens (including phenoxy) is 2. The molecule has 3 fully saturated rings. The standard InChI is InChI=1S/C23H38N4O5S2/c1-22(2,3)21(30)32-14-31-20(29)17-23(4,5)34-19-16(18(28)27(17)19)25-13-26-9-6-15(7-10-26)12-33-11-8-24/h13,15-17,19H,6-12,14,24H2,1-5H3/t16-,17+,19-/m1/s1. The molecule has 3 saturated heterocycles. The first-order valence-corrected chi connectivity index (χ1v) is 13.9. The van der Waals surface area contributed by atoms with Gasteiger partial charge in [-0.2, -0.15) is 11.8 Å². The first kappa shape index (κ1) is 27.1. The molecule has 34 heavy (non-hydrogen) atoms. The Morgan fingerprint density at radius 2 is 1.94 bits per heavy atom. The third-order valence-electron chi connectivity index (χ3n) is 6.30. The summed E-state index contributed by atoms with van der Waals surface area (Å²) < 4.78 is 9.73. The van der Waals surface area contributed by atoms with Crippen LogP contribution in [0.25, 0.3) is 0 Å². The van der Waals surface area contributed by atoms with Gasteiger partial charge in [-0.15, -0.1) is 11.8 Å². The number of β-lactam (4-membered cyclic amide) rings is 1. The van der Waals surface area contributed by atoms with E-state index in [1.165, 1.54) is 0 Å². The lowest BCUT2D eigenvalue weighted by molar-refractivity contribution is -0.179. The maximum absolute atomic E-state index is 12.9. The highest BCUT2D eigenvalue weighted by Crippen LogP contribution is 2.51. The second kappa shape index (κ2) is 11.1. The van der Waals surface area contributed by atoms with Gasteiger partial charge in [-0.25, -0.2) is 4.79 Å². The van der Waals surface area contributed by atoms with Crippen LogP contribution in [-0.4, -0.2) is 94.1 Å². The van der Waals surface area contributed by atoms with Gasteiger partial charge in [-0.1, -0.05) is 0 Å². The number of carbonyl (C=O) groups is 3. The average molecular weight is 515 g/mol. The number of piperidine rings is 1. The van der Waals surface area contributed by atoms with E-state index >= 15 is 0 Å². The van der Waals surface area contributed by atoms with Gasteiger partial charge < -0.3 is 25.0 Å². The second-order valence-electron chi connectivity index (χ2n) is 10.6. The third kappa shape index (κ3) is 6.20. The smallest absolute Gasteiger partial charge is 0.333 e. The van der Waals surface area contributed by atoms with Gasteiger partial charge in [0.2, 0.25) is 6.79 Å². The Balaban J connectivity index is 1.50. The number of nitrogens with two attached hydrogens (primary N) is 1. The number of nitrogens with zero attached hydrogens (tertiary/aromatic N) is 3. The van der Waals surface area contributed by atoms with Crippen LogP contribution in [0.1, 0.15) is 47.5 Å². The fraction of sp³-hybridized carbons (Fsp3) is 0.826. The van der Waals surface area contributed by atoms with Crippen LogP contribution in [0.15, 0.2) is 4.99 Å². The molecule has 0 aliphatic carbocycles.